The van der Waals surface area contributed by atoms with Gasteiger partial charge in [0.05, 0.1) is 6.61 Å². The van der Waals surface area contributed by atoms with E-state index < -0.39 is 0 Å². The topological polar surface area (TPSA) is 38.3 Å². The molecule has 0 atom stereocenters. The maximum Gasteiger partial charge on any atom is 0.244 e. The predicted molar refractivity (Wildman–Crippen MR) is 89.9 cm³/mol. The van der Waals surface area contributed by atoms with Gasteiger partial charge in [-0.25, -0.2) is 0 Å². The summed E-state index contributed by atoms with van der Waals surface area (Å²) in [5, 5.41) is 3.52. The molecule has 0 aliphatic carbocycles. The average molecular weight is 316 g/mol. The molecule has 3 nitrogen and oxygen atoms in total. The Morgan fingerprint density at radius 1 is 1.14 bits per heavy atom. The van der Waals surface area contributed by atoms with Gasteiger partial charge in [-0.1, -0.05) is 35.9 Å². The third-order valence-corrected chi connectivity index (χ3v) is 3.25. The van der Waals surface area contributed by atoms with Gasteiger partial charge in [-0.15, -0.1) is 0 Å². The largest absolute Gasteiger partial charge is 0.494 e. The molecule has 0 aliphatic heterocycles. The van der Waals surface area contributed by atoms with Gasteiger partial charge in [0.2, 0.25) is 5.91 Å². The third kappa shape index (κ3) is 5.26. The van der Waals surface area contributed by atoms with E-state index in [9.17, 15) is 4.79 Å². The van der Waals surface area contributed by atoms with E-state index in [2.05, 4.69) is 5.32 Å². The van der Waals surface area contributed by atoms with Crippen molar-refractivity contribution in [3.05, 3.63) is 70.8 Å². The molecule has 0 fully saturated rings. The summed E-state index contributed by atoms with van der Waals surface area (Å²) in [4.78, 5) is 11.8. The average Bonchev–Trinajstić information content (AvgIpc) is 2.54. The number of nitrogens with one attached hydrogen (secondary N) is 1. The normalized spacial score (nSPS) is 10.6. The van der Waals surface area contributed by atoms with Crippen LogP contribution in [0.4, 0.5) is 0 Å². The molecule has 1 N–H and O–H groups in total. The molecule has 2 aromatic carbocycles. The van der Waals surface area contributed by atoms with Crippen molar-refractivity contribution in [1.29, 1.82) is 0 Å². The van der Waals surface area contributed by atoms with Crippen molar-refractivity contribution in [3.8, 4) is 5.75 Å². The Labute approximate surface area is 135 Å². The van der Waals surface area contributed by atoms with Crippen LogP contribution < -0.4 is 10.1 Å². The van der Waals surface area contributed by atoms with Crippen LogP contribution in [0.3, 0.4) is 0 Å². The molecule has 22 heavy (non-hydrogen) atoms. The second kappa shape index (κ2) is 8.25. The zero-order valence-corrected chi connectivity index (χ0v) is 13.1. The van der Waals surface area contributed by atoms with Gasteiger partial charge in [0.1, 0.15) is 5.75 Å². The zero-order valence-electron chi connectivity index (χ0n) is 12.4. The number of amides is 1. The minimum absolute atomic E-state index is 0.135. The number of rotatable bonds is 6. The summed E-state index contributed by atoms with van der Waals surface area (Å²) in [5.41, 5.74) is 1.96. The molecule has 0 spiro atoms. The molecule has 0 aromatic heterocycles. The van der Waals surface area contributed by atoms with E-state index in [-0.39, 0.29) is 5.91 Å². The van der Waals surface area contributed by atoms with Crippen molar-refractivity contribution in [3.63, 3.8) is 0 Å². The number of halogens is 1. The van der Waals surface area contributed by atoms with Gasteiger partial charge < -0.3 is 10.1 Å². The van der Waals surface area contributed by atoms with E-state index in [0.717, 1.165) is 16.9 Å². The van der Waals surface area contributed by atoms with Crippen molar-refractivity contribution in [2.75, 3.05) is 6.61 Å². The number of carbonyl (C=O) groups is 1. The lowest BCUT2D eigenvalue weighted by Gasteiger charge is -2.05. The fraction of sp³-hybridized carbons (Fsp3) is 0.167. The summed E-state index contributed by atoms with van der Waals surface area (Å²) >= 11 is 5.81. The number of benzene rings is 2. The van der Waals surface area contributed by atoms with Crippen molar-refractivity contribution in [2.24, 2.45) is 0 Å². The Morgan fingerprint density at radius 3 is 2.45 bits per heavy atom. The third-order valence-electron chi connectivity index (χ3n) is 3.00. The highest BCUT2D eigenvalue weighted by molar-refractivity contribution is 6.30. The van der Waals surface area contributed by atoms with Crippen molar-refractivity contribution >= 4 is 23.6 Å². The van der Waals surface area contributed by atoms with E-state index in [1.165, 1.54) is 6.08 Å². The van der Waals surface area contributed by atoms with Gasteiger partial charge in [-0.2, -0.15) is 0 Å². The summed E-state index contributed by atoms with van der Waals surface area (Å²) in [6.07, 6.45) is 3.27. The van der Waals surface area contributed by atoms with Crippen molar-refractivity contribution in [2.45, 2.75) is 13.5 Å². The molecule has 0 saturated carbocycles. The van der Waals surface area contributed by atoms with E-state index in [4.69, 9.17) is 16.3 Å². The lowest BCUT2D eigenvalue weighted by atomic mass is 10.2. The molecule has 2 aromatic rings. The maximum atomic E-state index is 11.8. The lowest BCUT2D eigenvalue weighted by Crippen LogP contribution is -2.20. The zero-order chi connectivity index (χ0) is 15.8. The van der Waals surface area contributed by atoms with Crippen LogP contribution in [0.25, 0.3) is 6.08 Å². The standard InChI is InChI=1S/C18H18ClNO2/c1-2-22-17-10-5-15(6-11-17)13-20-18(21)12-7-14-3-8-16(19)9-4-14/h3-12H,2,13H2,1H3,(H,20,21)/b12-7+. The minimum atomic E-state index is -0.135. The second-order valence-corrected chi connectivity index (χ2v) is 5.12. The molecular weight excluding hydrogens is 298 g/mol. The van der Waals surface area contributed by atoms with Gasteiger partial charge in [0.15, 0.2) is 0 Å². The fourth-order valence-corrected chi connectivity index (χ4v) is 1.99. The predicted octanol–water partition coefficient (Wildman–Crippen LogP) is 4.07. The van der Waals surface area contributed by atoms with Crippen LogP contribution >= 0.6 is 11.6 Å². The number of carbonyl (C=O) groups excluding carboxylic acids is 1. The van der Waals surface area contributed by atoms with Gasteiger partial charge in [0.25, 0.3) is 0 Å². The highest BCUT2D eigenvalue weighted by Gasteiger charge is 1.98. The van der Waals surface area contributed by atoms with Crippen LogP contribution in [0.5, 0.6) is 5.75 Å². The highest BCUT2D eigenvalue weighted by Crippen LogP contribution is 2.12. The van der Waals surface area contributed by atoms with Gasteiger partial charge in [-0.05, 0) is 48.4 Å². The van der Waals surface area contributed by atoms with Crippen molar-refractivity contribution in [1.82, 2.24) is 5.32 Å². The lowest BCUT2D eigenvalue weighted by molar-refractivity contribution is -0.116. The summed E-state index contributed by atoms with van der Waals surface area (Å²) in [7, 11) is 0. The molecule has 1 amide bonds. The first kappa shape index (κ1) is 16.1. The Kier molecular flexibility index (Phi) is 6.04. The van der Waals surface area contributed by atoms with Crippen molar-refractivity contribution < 1.29 is 9.53 Å². The van der Waals surface area contributed by atoms with Crippen LogP contribution in [0.1, 0.15) is 18.1 Å². The molecule has 0 saturated heterocycles. The highest BCUT2D eigenvalue weighted by atomic mass is 35.5. The van der Waals surface area contributed by atoms with Crippen LogP contribution in [0.2, 0.25) is 5.02 Å². The molecule has 0 aliphatic rings. The molecule has 114 valence electrons. The molecule has 4 heteroatoms. The molecule has 0 radical (unpaired) electrons. The summed E-state index contributed by atoms with van der Waals surface area (Å²) in [6.45, 7) is 3.07. The number of ether oxygens (including phenoxy) is 1. The molecular formula is C18H18ClNO2. The van der Waals surface area contributed by atoms with Crippen LogP contribution in [0.15, 0.2) is 54.6 Å². The minimum Gasteiger partial charge on any atom is -0.494 e. The number of hydrogen-bond acceptors (Lipinski definition) is 2. The van der Waals surface area contributed by atoms with E-state index in [1.807, 2.05) is 43.3 Å². The molecule has 0 bridgehead atoms. The van der Waals surface area contributed by atoms with Crippen LogP contribution in [-0.4, -0.2) is 12.5 Å². The van der Waals surface area contributed by atoms with E-state index in [1.54, 1.807) is 18.2 Å². The SMILES string of the molecule is CCOc1ccc(CNC(=O)/C=C/c2ccc(Cl)cc2)cc1. The first-order valence-electron chi connectivity index (χ1n) is 7.10. The Bertz CT molecular complexity index is 633. The van der Waals surface area contributed by atoms with Crippen LogP contribution in [0, 0.1) is 0 Å². The smallest absolute Gasteiger partial charge is 0.244 e. The quantitative estimate of drug-likeness (QED) is 0.816. The van der Waals surface area contributed by atoms with Gasteiger partial charge in [0, 0.05) is 17.6 Å². The van der Waals surface area contributed by atoms with E-state index in [0.29, 0.717) is 18.2 Å². The summed E-state index contributed by atoms with van der Waals surface area (Å²) in [5.74, 6) is 0.698. The molecule has 0 unspecified atom stereocenters. The Hall–Kier alpha value is -2.26. The van der Waals surface area contributed by atoms with Gasteiger partial charge in [-0.3, -0.25) is 4.79 Å². The molecule has 2 rings (SSSR count). The summed E-state index contributed by atoms with van der Waals surface area (Å²) < 4.78 is 5.37. The number of hydrogen-bond donors (Lipinski definition) is 1. The van der Waals surface area contributed by atoms with Gasteiger partial charge >= 0.3 is 0 Å². The molecule has 0 heterocycles. The maximum absolute atomic E-state index is 11.8. The van der Waals surface area contributed by atoms with E-state index >= 15 is 0 Å². The Morgan fingerprint density at radius 2 is 1.82 bits per heavy atom. The Balaban J connectivity index is 1.83. The summed E-state index contributed by atoms with van der Waals surface area (Å²) in [6, 6.07) is 15.0. The van der Waals surface area contributed by atoms with Crippen LogP contribution in [-0.2, 0) is 11.3 Å². The fourth-order valence-electron chi connectivity index (χ4n) is 1.86. The second-order valence-electron chi connectivity index (χ2n) is 4.68. The monoisotopic (exact) mass is 315 g/mol. The first-order chi connectivity index (χ1) is 10.7. The first-order valence-corrected chi connectivity index (χ1v) is 7.48.